The second-order valence-electron chi connectivity index (χ2n) is 8.11. The van der Waals surface area contributed by atoms with Crippen LogP contribution in [0.1, 0.15) is 103 Å². The van der Waals surface area contributed by atoms with Crippen molar-refractivity contribution < 1.29 is 0 Å². The zero-order valence-corrected chi connectivity index (χ0v) is 21.9. The van der Waals surface area contributed by atoms with E-state index in [1.807, 2.05) is 0 Å². The number of hydrogen-bond acceptors (Lipinski definition) is 4. The highest BCUT2D eigenvalue weighted by atomic mass is 32.2. The van der Waals surface area contributed by atoms with E-state index in [0.717, 1.165) is 0 Å². The highest BCUT2D eigenvalue weighted by Gasteiger charge is 1.97. The van der Waals surface area contributed by atoms with Gasteiger partial charge in [0.05, 0.1) is 0 Å². The number of hydrogen-bond donors (Lipinski definition) is 0. The van der Waals surface area contributed by atoms with Crippen molar-refractivity contribution in [3.05, 3.63) is 0 Å². The van der Waals surface area contributed by atoms with E-state index in [1.54, 1.807) is 0 Å². The SMILES string of the molecule is C1CCCCCSCCSCCCCCCCCCCSCCSCCCC1. The summed E-state index contributed by atoms with van der Waals surface area (Å²) in [5, 5.41) is 0. The molecule has 0 aromatic carbocycles. The van der Waals surface area contributed by atoms with E-state index in [4.69, 9.17) is 0 Å². The lowest BCUT2D eigenvalue weighted by atomic mass is 10.1. The van der Waals surface area contributed by atoms with Crippen LogP contribution in [-0.4, -0.2) is 46.0 Å². The Balaban J connectivity index is 2.00. The van der Waals surface area contributed by atoms with Gasteiger partial charge in [-0.3, -0.25) is 0 Å². The molecule has 0 aliphatic carbocycles. The van der Waals surface area contributed by atoms with E-state index in [2.05, 4.69) is 47.0 Å². The summed E-state index contributed by atoms with van der Waals surface area (Å²) in [5.74, 6) is 11.1. The van der Waals surface area contributed by atoms with Crippen molar-refractivity contribution in [1.82, 2.24) is 0 Å². The second kappa shape index (κ2) is 24.7. The summed E-state index contributed by atoms with van der Waals surface area (Å²) in [6.45, 7) is 0. The Labute approximate surface area is 195 Å². The summed E-state index contributed by atoms with van der Waals surface area (Å²) >= 11 is 8.78. The summed E-state index contributed by atoms with van der Waals surface area (Å²) in [5.41, 5.74) is 0. The van der Waals surface area contributed by atoms with Crippen LogP contribution in [0.25, 0.3) is 0 Å². The quantitative estimate of drug-likeness (QED) is 0.350. The average molecular weight is 465 g/mol. The maximum atomic E-state index is 2.19. The summed E-state index contributed by atoms with van der Waals surface area (Å²) in [6.07, 6.45) is 23.5. The summed E-state index contributed by atoms with van der Waals surface area (Å²) in [7, 11) is 0. The number of rotatable bonds is 0. The van der Waals surface area contributed by atoms with E-state index in [9.17, 15) is 0 Å². The van der Waals surface area contributed by atoms with Crippen LogP contribution in [0.2, 0.25) is 0 Å². The fraction of sp³-hybridized carbons (Fsp3) is 1.00. The van der Waals surface area contributed by atoms with Crippen molar-refractivity contribution in [3.8, 4) is 0 Å². The zero-order chi connectivity index (χ0) is 19.8. The van der Waals surface area contributed by atoms with Crippen LogP contribution in [0.5, 0.6) is 0 Å². The van der Waals surface area contributed by atoms with Gasteiger partial charge in [0.1, 0.15) is 0 Å². The van der Waals surface area contributed by atoms with Gasteiger partial charge in [-0.05, 0) is 48.7 Å². The standard InChI is InChI=1S/C24H48S4/c1-2-6-10-14-18-26-23-24-28-20-16-12-8-4-3-7-11-15-19-27-22-21-25-17-13-9-5-1/h1-24H2. The third-order valence-electron chi connectivity index (χ3n) is 5.40. The first-order valence-corrected chi connectivity index (χ1v) is 16.9. The molecule has 0 N–H and O–H groups in total. The molecule has 0 amide bonds. The molecule has 1 aliphatic heterocycles. The first-order valence-electron chi connectivity index (χ1n) is 12.3. The molecule has 1 rings (SSSR count). The highest BCUT2D eigenvalue weighted by Crippen LogP contribution is 2.17. The van der Waals surface area contributed by atoms with Gasteiger partial charge in [-0.2, -0.15) is 47.0 Å². The Hall–Kier alpha value is 1.40. The van der Waals surface area contributed by atoms with Gasteiger partial charge in [-0.15, -0.1) is 0 Å². The lowest BCUT2D eigenvalue weighted by molar-refractivity contribution is 0.587. The molecule has 0 nitrogen and oxygen atoms in total. The monoisotopic (exact) mass is 464 g/mol. The fourth-order valence-electron chi connectivity index (χ4n) is 3.58. The maximum Gasteiger partial charge on any atom is 0.00235 e. The summed E-state index contributed by atoms with van der Waals surface area (Å²) in [6, 6.07) is 0. The van der Waals surface area contributed by atoms with E-state index in [0.29, 0.717) is 0 Å². The van der Waals surface area contributed by atoms with Gasteiger partial charge in [0.2, 0.25) is 0 Å². The highest BCUT2D eigenvalue weighted by molar-refractivity contribution is 8.03. The van der Waals surface area contributed by atoms with Crippen molar-refractivity contribution in [2.45, 2.75) is 103 Å². The molecule has 0 radical (unpaired) electrons. The van der Waals surface area contributed by atoms with Crippen LogP contribution in [0.4, 0.5) is 0 Å². The minimum atomic E-state index is 1.38. The molecule has 0 aromatic heterocycles. The molecular formula is C24H48S4. The molecule has 168 valence electrons. The minimum Gasteiger partial charge on any atom is -0.161 e. The molecular weight excluding hydrogens is 417 g/mol. The Bertz CT molecular complexity index is 151. The Morgan fingerprint density at radius 2 is 0.357 bits per heavy atom. The van der Waals surface area contributed by atoms with Crippen LogP contribution in [0, 0.1) is 0 Å². The molecule has 0 bridgehead atoms. The molecule has 4 heteroatoms. The molecule has 0 spiro atoms. The number of thioether (sulfide) groups is 4. The predicted molar refractivity (Wildman–Crippen MR) is 143 cm³/mol. The molecule has 0 aromatic rings. The lowest BCUT2D eigenvalue weighted by Crippen LogP contribution is -1.91. The molecule has 1 saturated heterocycles. The smallest absolute Gasteiger partial charge is 0.00235 e. The summed E-state index contributed by atoms with van der Waals surface area (Å²) in [4.78, 5) is 0. The summed E-state index contributed by atoms with van der Waals surface area (Å²) < 4.78 is 0. The van der Waals surface area contributed by atoms with Crippen LogP contribution in [0.3, 0.4) is 0 Å². The van der Waals surface area contributed by atoms with Crippen molar-refractivity contribution in [2.24, 2.45) is 0 Å². The minimum absolute atomic E-state index is 1.38. The Morgan fingerprint density at radius 1 is 0.179 bits per heavy atom. The average Bonchev–Trinajstić information content (AvgIpc) is 2.71. The fourth-order valence-corrected chi connectivity index (χ4v) is 7.92. The third-order valence-corrected chi connectivity index (χ3v) is 10.2. The first kappa shape index (κ1) is 27.4. The normalized spacial score (nSPS) is 24.0. The molecule has 1 heterocycles. The molecule has 1 fully saturated rings. The topological polar surface area (TPSA) is 0 Å². The molecule has 0 unspecified atom stereocenters. The lowest BCUT2D eigenvalue weighted by Gasteiger charge is -2.05. The molecule has 1 aliphatic rings. The van der Waals surface area contributed by atoms with E-state index in [-0.39, 0.29) is 0 Å². The Morgan fingerprint density at radius 3 is 0.571 bits per heavy atom. The van der Waals surface area contributed by atoms with E-state index >= 15 is 0 Å². The second-order valence-corrected chi connectivity index (χ2v) is 13.0. The van der Waals surface area contributed by atoms with Crippen LogP contribution in [0.15, 0.2) is 0 Å². The van der Waals surface area contributed by atoms with Gasteiger partial charge in [-0.25, -0.2) is 0 Å². The largest absolute Gasteiger partial charge is 0.161 e. The van der Waals surface area contributed by atoms with Crippen molar-refractivity contribution in [3.63, 3.8) is 0 Å². The zero-order valence-electron chi connectivity index (χ0n) is 18.6. The van der Waals surface area contributed by atoms with Crippen molar-refractivity contribution in [2.75, 3.05) is 46.0 Å². The predicted octanol–water partition coefficient (Wildman–Crippen LogP) is 9.17. The first-order chi connectivity index (χ1) is 14.0. The van der Waals surface area contributed by atoms with Crippen molar-refractivity contribution >= 4 is 47.0 Å². The molecule has 28 heavy (non-hydrogen) atoms. The van der Waals surface area contributed by atoms with Gasteiger partial charge in [0.25, 0.3) is 0 Å². The van der Waals surface area contributed by atoms with Gasteiger partial charge in [0.15, 0.2) is 0 Å². The molecule has 0 atom stereocenters. The van der Waals surface area contributed by atoms with E-state index in [1.165, 1.54) is 149 Å². The van der Waals surface area contributed by atoms with Crippen LogP contribution in [-0.2, 0) is 0 Å². The van der Waals surface area contributed by atoms with E-state index < -0.39 is 0 Å². The van der Waals surface area contributed by atoms with Crippen LogP contribution < -0.4 is 0 Å². The molecule has 0 saturated carbocycles. The third kappa shape index (κ3) is 22.1. The van der Waals surface area contributed by atoms with Crippen LogP contribution >= 0.6 is 47.0 Å². The van der Waals surface area contributed by atoms with Gasteiger partial charge >= 0.3 is 0 Å². The Kier molecular flexibility index (Phi) is 24.2. The van der Waals surface area contributed by atoms with Crippen molar-refractivity contribution in [1.29, 1.82) is 0 Å². The van der Waals surface area contributed by atoms with Gasteiger partial charge in [0, 0.05) is 23.0 Å². The van der Waals surface area contributed by atoms with Gasteiger partial charge in [-0.1, -0.05) is 77.0 Å². The van der Waals surface area contributed by atoms with Gasteiger partial charge < -0.3 is 0 Å². The maximum absolute atomic E-state index is 2.19.